The van der Waals surface area contributed by atoms with Gasteiger partial charge in [0.1, 0.15) is 17.2 Å². The number of carbonyl (C=O) groups is 2. The van der Waals surface area contributed by atoms with E-state index in [0.29, 0.717) is 47.4 Å². The Labute approximate surface area is 180 Å². The van der Waals surface area contributed by atoms with Gasteiger partial charge in [-0.05, 0) is 50.2 Å². The first-order valence-electron chi connectivity index (χ1n) is 9.79. The van der Waals surface area contributed by atoms with Crippen molar-refractivity contribution in [2.45, 2.75) is 13.8 Å². The Hall–Kier alpha value is -3.94. The Morgan fingerprint density at radius 2 is 1.61 bits per heavy atom. The molecule has 0 fully saturated rings. The highest BCUT2D eigenvalue weighted by Crippen LogP contribution is 2.29. The Morgan fingerprint density at radius 1 is 0.903 bits per heavy atom. The van der Waals surface area contributed by atoms with Gasteiger partial charge in [0.25, 0.3) is 11.8 Å². The van der Waals surface area contributed by atoms with Crippen molar-refractivity contribution in [1.82, 2.24) is 0 Å². The molecule has 1 heterocycles. The zero-order valence-corrected chi connectivity index (χ0v) is 17.6. The SMILES string of the molecule is CCOc1cc(OCC)cc(C(=O)Nc2ccc(NC(=O)c3ccco3)c(OC)c2)c1. The second kappa shape index (κ2) is 10.2. The molecule has 162 valence electrons. The average Bonchev–Trinajstić information content (AvgIpc) is 3.30. The van der Waals surface area contributed by atoms with Gasteiger partial charge in [0, 0.05) is 23.4 Å². The third-order valence-electron chi connectivity index (χ3n) is 4.22. The normalized spacial score (nSPS) is 10.3. The molecule has 8 heteroatoms. The third-order valence-corrected chi connectivity index (χ3v) is 4.22. The van der Waals surface area contributed by atoms with Gasteiger partial charge in [-0.15, -0.1) is 0 Å². The second-order valence-electron chi connectivity index (χ2n) is 6.36. The fourth-order valence-electron chi connectivity index (χ4n) is 2.87. The van der Waals surface area contributed by atoms with Crippen LogP contribution in [0.3, 0.4) is 0 Å². The molecular weight excluding hydrogens is 400 g/mol. The van der Waals surface area contributed by atoms with Gasteiger partial charge in [-0.3, -0.25) is 9.59 Å². The van der Waals surface area contributed by atoms with Crippen molar-refractivity contribution < 1.29 is 28.2 Å². The van der Waals surface area contributed by atoms with Crippen LogP contribution in [-0.2, 0) is 0 Å². The molecule has 0 aliphatic rings. The lowest BCUT2D eigenvalue weighted by Crippen LogP contribution is -2.14. The standard InChI is InChI=1S/C23H24N2O6/c1-4-29-17-11-15(12-18(14-17)30-5-2)22(26)24-16-8-9-19(21(13-16)28-3)25-23(27)20-7-6-10-31-20/h6-14H,4-5H2,1-3H3,(H,24,26)(H,25,27). The minimum Gasteiger partial charge on any atom is -0.494 e. The van der Waals surface area contributed by atoms with E-state index in [9.17, 15) is 9.59 Å². The number of nitrogens with one attached hydrogen (secondary N) is 2. The fraction of sp³-hybridized carbons (Fsp3) is 0.217. The van der Waals surface area contributed by atoms with Crippen LogP contribution in [-0.4, -0.2) is 32.1 Å². The molecule has 2 aromatic carbocycles. The molecule has 0 atom stereocenters. The van der Waals surface area contributed by atoms with Gasteiger partial charge < -0.3 is 29.3 Å². The summed E-state index contributed by atoms with van der Waals surface area (Å²) in [5.74, 6) is 0.919. The molecule has 2 amide bonds. The molecule has 2 N–H and O–H groups in total. The Bertz CT molecular complexity index is 1020. The van der Waals surface area contributed by atoms with Gasteiger partial charge >= 0.3 is 0 Å². The van der Waals surface area contributed by atoms with Crippen molar-refractivity contribution in [3.63, 3.8) is 0 Å². The van der Waals surface area contributed by atoms with Gasteiger partial charge in [-0.2, -0.15) is 0 Å². The van der Waals surface area contributed by atoms with Crippen LogP contribution < -0.4 is 24.8 Å². The highest BCUT2D eigenvalue weighted by molar-refractivity contribution is 6.06. The van der Waals surface area contributed by atoms with Gasteiger partial charge in [-0.1, -0.05) is 0 Å². The average molecular weight is 424 g/mol. The van der Waals surface area contributed by atoms with Crippen molar-refractivity contribution in [1.29, 1.82) is 0 Å². The number of hydrogen-bond donors (Lipinski definition) is 2. The minimum absolute atomic E-state index is 0.179. The van der Waals surface area contributed by atoms with E-state index in [0.717, 1.165) is 0 Å². The van der Waals surface area contributed by atoms with Crippen LogP contribution >= 0.6 is 0 Å². The Morgan fingerprint density at radius 3 is 2.19 bits per heavy atom. The number of rotatable bonds is 9. The predicted octanol–water partition coefficient (Wildman–Crippen LogP) is 4.59. The molecule has 0 unspecified atom stereocenters. The first-order valence-corrected chi connectivity index (χ1v) is 9.79. The van der Waals surface area contributed by atoms with E-state index < -0.39 is 5.91 Å². The lowest BCUT2D eigenvalue weighted by Gasteiger charge is -2.13. The molecule has 0 aliphatic carbocycles. The topological polar surface area (TPSA) is 99.0 Å². The van der Waals surface area contributed by atoms with Crippen molar-refractivity contribution in [3.05, 3.63) is 66.1 Å². The van der Waals surface area contributed by atoms with Crippen LogP contribution in [0.1, 0.15) is 34.8 Å². The number of furan rings is 1. The monoisotopic (exact) mass is 424 g/mol. The fourth-order valence-corrected chi connectivity index (χ4v) is 2.87. The molecule has 0 radical (unpaired) electrons. The van der Waals surface area contributed by atoms with Crippen molar-refractivity contribution in [3.8, 4) is 17.2 Å². The van der Waals surface area contributed by atoms with E-state index in [1.54, 1.807) is 48.5 Å². The molecular formula is C23H24N2O6. The molecule has 8 nitrogen and oxygen atoms in total. The van der Waals surface area contributed by atoms with Crippen LogP contribution in [0.4, 0.5) is 11.4 Å². The van der Waals surface area contributed by atoms with E-state index in [4.69, 9.17) is 18.6 Å². The van der Waals surface area contributed by atoms with E-state index in [2.05, 4.69) is 10.6 Å². The van der Waals surface area contributed by atoms with E-state index >= 15 is 0 Å². The largest absolute Gasteiger partial charge is 0.494 e. The Kier molecular flexibility index (Phi) is 7.16. The van der Waals surface area contributed by atoms with Gasteiger partial charge in [0.2, 0.25) is 0 Å². The van der Waals surface area contributed by atoms with Crippen LogP contribution in [0, 0.1) is 0 Å². The highest BCUT2D eigenvalue weighted by Gasteiger charge is 2.15. The summed E-state index contributed by atoms with van der Waals surface area (Å²) in [6, 6.07) is 13.1. The zero-order valence-electron chi connectivity index (χ0n) is 17.6. The summed E-state index contributed by atoms with van der Waals surface area (Å²) in [6.45, 7) is 4.68. The molecule has 0 aliphatic heterocycles. The molecule has 31 heavy (non-hydrogen) atoms. The molecule has 3 aromatic rings. The van der Waals surface area contributed by atoms with E-state index in [1.807, 2.05) is 13.8 Å². The van der Waals surface area contributed by atoms with Crippen LogP contribution in [0.25, 0.3) is 0 Å². The number of anilines is 2. The summed E-state index contributed by atoms with van der Waals surface area (Å²) in [4.78, 5) is 25.0. The maximum absolute atomic E-state index is 12.8. The third kappa shape index (κ3) is 5.57. The first kappa shape index (κ1) is 21.8. The molecule has 0 saturated carbocycles. The Balaban J connectivity index is 1.77. The first-order chi connectivity index (χ1) is 15.0. The van der Waals surface area contributed by atoms with Crippen LogP contribution in [0.15, 0.2) is 59.2 Å². The summed E-state index contributed by atoms with van der Waals surface area (Å²) in [5.41, 5.74) is 1.33. The lowest BCUT2D eigenvalue weighted by molar-refractivity contribution is 0.0994. The van der Waals surface area contributed by atoms with Crippen LogP contribution in [0.2, 0.25) is 0 Å². The zero-order chi connectivity index (χ0) is 22.2. The molecule has 3 rings (SSSR count). The molecule has 0 saturated heterocycles. The van der Waals surface area contributed by atoms with Crippen molar-refractivity contribution in [2.75, 3.05) is 31.0 Å². The second-order valence-corrected chi connectivity index (χ2v) is 6.36. The minimum atomic E-state index is -0.406. The van der Waals surface area contributed by atoms with Crippen LogP contribution in [0.5, 0.6) is 17.2 Å². The summed E-state index contributed by atoms with van der Waals surface area (Å²) < 4.78 is 21.5. The smallest absolute Gasteiger partial charge is 0.291 e. The number of carbonyl (C=O) groups excluding carboxylic acids is 2. The summed E-state index contributed by atoms with van der Waals surface area (Å²) in [7, 11) is 1.48. The van der Waals surface area contributed by atoms with Crippen molar-refractivity contribution in [2.24, 2.45) is 0 Å². The molecule has 0 bridgehead atoms. The summed E-state index contributed by atoms with van der Waals surface area (Å²) in [6.07, 6.45) is 1.42. The van der Waals surface area contributed by atoms with Gasteiger partial charge in [0.15, 0.2) is 5.76 Å². The van der Waals surface area contributed by atoms with E-state index in [1.165, 1.54) is 13.4 Å². The summed E-state index contributed by atoms with van der Waals surface area (Å²) in [5, 5.41) is 5.53. The number of amides is 2. The maximum atomic E-state index is 12.8. The highest BCUT2D eigenvalue weighted by atomic mass is 16.5. The molecule has 0 spiro atoms. The maximum Gasteiger partial charge on any atom is 0.291 e. The van der Waals surface area contributed by atoms with Gasteiger partial charge in [-0.25, -0.2) is 0 Å². The van der Waals surface area contributed by atoms with Crippen molar-refractivity contribution >= 4 is 23.2 Å². The number of hydrogen-bond acceptors (Lipinski definition) is 6. The summed E-state index contributed by atoms with van der Waals surface area (Å²) >= 11 is 0. The molecule has 1 aromatic heterocycles. The number of methoxy groups -OCH3 is 1. The quantitative estimate of drug-likeness (QED) is 0.521. The predicted molar refractivity (Wildman–Crippen MR) is 116 cm³/mol. The number of ether oxygens (including phenoxy) is 3. The number of benzene rings is 2. The lowest BCUT2D eigenvalue weighted by atomic mass is 10.1. The van der Waals surface area contributed by atoms with Gasteiger partial charge in [0.05, 0.1) is 32.3 Å². The van der Waals surface area contributed by atoms with E-state index in [-0.39, 0.29) is 11.7 Å².